The van der Waals surface area contributed by atoms with Gasteiger partial charge in [0.15, 0.2) is 5.82 Å². The molecule has 0 saturated carbocycles. The normalized spacial score (nSPS) is 11.8. The summed E-state index contributed by atoms with van der Waals surface area (Å²) in [4.78, 5) is 10.5. The van der Waals surface area contributed by atoms with E-state index in [0.29, 0.717) is 17.5 Å². The van der Waals surface area contributed by atoms with Crippen LogP contribution in [-0.4, -0.2) is 46.5 Å². The summed E-state index contributed by atoms with van der Waals surface area (Å²) in [6.07, 6.45) is -3.17. The molecule has 0 radical (unpaired) electrons. The number of hydrogen-bond donors (Lipinski definition) is 0. The Morgan fingerprint density at radius 1 is 1.04 bits per heavy atom. The van der Waals surface area contributed by atoms with Crippen molar-refractivity contribution in [1.29, 1.82) is 0 Å². The van der Waals surface area contributed by atoms with Crippen molar-refractivity contribution in [2.75, 3.05) is 14.1 Å². The fourth-order valence-electron chi connectivity index (χ4n) is 2.34. The van der Waals surface area contributed by atoms with E-state index in [-0.39, 0.29) is 5.75 Å². The molecule has 1 heterocycles. The molecule has 0 aliphatic rings. The van der Waals surface area contributed by atoms with E-state index in [1.54, 1.807) is 11.2 Å². The minimum absolute atomic E-state index is 0.300. The van der Waals surface area contributed by atoms with Gasteiger partial charge >= 0.3 is 6.36 Å². The first kappa shape index (κ1) is 19.4. The third-order valence-electron chi connectivity index (χ3n) is 3.62. The minimum Gasteiger partial charge on any atom is -0.406 e. The zero-order chi connectivity index (χ0) is 20.3. The van der Waals surface area contributed by atoms with Crippen molar-refractivity contribution in [3.63, 3.8) is 0 Å². The third kappa shape index (κ3) is 4.87. The van der Waals surface area contributed by atoms with Gasteiger partial charge in [0.05, 0.1) is 12.0 Å². The smallest absolute Gasteiger partial charge is 0.406 e. The van der Waals surface area contributed by atoms with Crippen LogP contribution >= 0.6 is 0 Å². The number of aromatic nitrogens is 3. The van der Waals surface area contributed by atoms with Crippen molar-refractivity contribution in [2.45, 2.75) is 13.3 Å². The van der Waals surface area contributed by atoms with Crippen molar-refractivity contribution in [3.8, 4) is 22.8 Å². The van der Waals surface area contributed by atoms with Crippen LogP contribution in [-0.2, 0) is 0 Å². The van der Waals surface area contributed by atoms with Crippen LogP contribution in [0.5, 0.6) is 5.75 Å². The Bertz CT molecular complexity index is 961. The van der Waals surface area contributed by atoms with Crippen molar-refractivity contribution < 1.29 is 17.9 Å². The highest BCUT2D eigenvalue weighted by atomic mass is 19.4. The monoisotopic (exact) mass is 389 g/mol. The Morgan fingerprint density at radius 3 is 2.25 bits per heavy atom. The van der Waals surface area contributed by atoms with E-state index in [2.05, 4.69) is 19.8 Å². The Labute approximate surface area is 159 Å². The van der Waals surface area contributed by atoms with Gasteiger partial charge in [-0.3, -0.25) is 0 Å². The summed E-state index contributed by atoms with van der Waals surface area (Å²) in [6.45, 7) is 1.98. The molecule has 2 aromatic carbocycles. The number of ether oxygens (including phenoxy) is 1. The maximum atomic E-state index is 12.4. The molecule has 0 aliphatic heterocycles. The zero-order valence-corrected chi connectivity index (χ0v) is 15.5. The van der Waals surface area contributed by atoms with Gasteiger partial charge in [0.1, 0.15) is 5.75 Å². The summed E-state index contributed by atoms with van der Waals surface area (Å²) in [5.74, 6) is 0.448. The average Bonchev–Trinajstić information content (AvgIpc) is 3.04. The SMILES string of the molecule is Cc1ccc(-c2nc(/N=C/N(C)C)n(-c3ccc(OC(F)(F)F)cc3)n2)cc1. The summed E-state index contributed by atoms with van der Waals surface area (Å²) in [5, 5.41) is 4.47. The van der Waals surface area contributed by atoms with E-state index in [0.717, 1.165) is 11.1 Å². The second kappa shape index (κ2) is 7.71. The standard InChI is InChI=1S/C19H18F3N5O/c1-13-4-6-14(7-5-13)17-24-18(23-12-26(2)3)27(25-17)15-8-10-16(11-9-15)28-19(20,21)22/h4-12H,1-3H3/b23-12+. The van der Waals surface area contributed by atoms with Gasteiger partial charge in [0.2, 0.25) is 0 Å². The van der Waals surface area contributed by atoms with Crippen molar-refractivity contribution in [3.05, 3.63) is 54.1 Å². The van der Waals surface area contributed by atoms with Crippen LogP contribution in [0.25, 0.3) is 17.1 Å². The highest BCUT2D eigenvalue weighted by Gasteiger charge is 2.31. The number of nitrogens with zero attached hydrogens (tertiary/aromatic N) is 5. The van der Waals surface area contributed by atoms with E-state index in [1.165, 1.54) is 28.9 Å². The first-order chi connectivity index (χ1) is 13.2. The highest BCUT2D eigenvalue weighted by molar-refractivity contribution is 5.62. The molecule has 3 rings (SSSR count). The zero-order valence-electron chi connectivity index (χ0n) is 15.5. The van der Waals surface area contributed by atoms with E-state index in [9.17, 15) is 13.2 Å². The largest absolute Gasteiger partial charge is 0.573 e. The molecule has 1 aromatic heterocycles. The molecule has 0 fully saturated rings. The fraction of sp³-hybridized carbons (Fsp3) is 0.211. The van der Waals surface area contributed by atoms with Gasteiger partial charge in [0, 0.05) is 19.7 Å². The lowest BCUT2D eigenvalue weighted by molar-refractivity contribution is -0.274. The van der Waals surface area contributed by atoms with E-state index >= 15 is 0 Å². The molecule has 0 saturated heterocycles. The van der Waals surface area contributed by atoms with E-state index in [4.69, 9.17) is 0 Å². The van der Waals surface area contributed by atoms with Crippen molar-refractivity contribution in [1.82, 2.24) is 19.7 Å². The van der Waals surface area contributed by atoms with Crippen molar-refractivity contribution >= 4 is 12.3 Å². The van der Waals surface area contributed by atoms with Crippen LogP contribution < -0.4 is 4.74 Å². The Hall–Kier alpha value is -3.36. The number of benzene rings is 2. The van der Waals surface area contributed by atoms with Gasteiger partial charge in [-0.2, -0.15) is 9.67 Å². The summed E-state index contributed by atoms with van der Waals surface area (Å²) in [5.41, 5.74) is 2.42. The first-order valence-corrected chi connectivity index (χ1v) is 8.32. The average molecular weight is 389 g/mol. The van der Waals surface area contributed by atoms with Crippen LogP contribution in [0, 0.1) is 6.92 Å². The maximum Gasteiger partial charge on any atom is 0.573 e. The van der Waals surface area contributed by atoms with Gasteiger partial charge < -0.3 is 9.64 Å². The lowest BCUT2D eigenvalue weighted by atomic mass is 10.1. The molecule has 28 heavy (non-hydrogen) atoms. The van der Waals surface area contributed by atoms with Gasteiger partial charge in [-0.15, -0.1) is 18.3 Å². The second-order valence-electron chi connectivity index (χ2n) is 6.26. The molecule has 0 bridgehead atoms. The van der Waals surface area contributed by atoms with Crippen LogP contribution in [0.1, 0.15) is 5.56 Å². The highest BCUT2D eigenvalue weighted by Crippen LogP contribution is 2.26. The van der Waals surface area contributed by atoms with Gasteiger partial charge in [0.25, 0.3) is 5.95 Å². The van der Waals surface area contributed by atoms with E-state index < -0.39 is 6.36 Å². The molecular formula is C19H18F3N5O. The molecular weight excluding hydrogens is 371 g/mol. The molecule has 0 aliphatic carbocycles. The van der Waals surface area contributed by atoms with Crippen LogP contribution in [0.4, 0.5) is 19.1 Å². The Morgan fingerprint density at radius 2 is 1.68 bits per heavy atom. The summed E-state index contributed by atoms with van der Waals surface area (Å²) < 4.78 is 42.4. The number of halogens is 3. The molecule has 146 valence electrons. The Balaban J connectivity index is 1.99. The van der Waals surface area contributed by atoms with Crippen LogP contribution in [0.3, 0.4) is 0 Å². The lowest BCUT2D eigenvalue weighted by Gasteiger charge is -2.09. The number of aryl methyl sites for hydroxylation is 1. The van der Waals surface area contributed by atoms with Gasteiger partial charge in [-0.1, -0.05) is 29.8 Å². The topological polar surface area (TPSA) is 55.5 Å². The lowest BCUT2D eigenvalue weighted by Crippen LogP contribution is -2.17. The molecule has 3 aromatic rings. The summed E-state index contributed by atoms with van der Waals surface area (Å²) >= 11 is 0. The first-order valence-electron chi connectivity index (χ1n) is 8.32. The predicted octanol–water partition coefficient (Wildman–Crippen LogP) is 4.36. The van der Waals surface area contributed by atoms with Crippen molar-refractivity contribution in [2.24, 2.45) is 4.99 Å². The second-order valence-corrected chi connectivity index (χ2v) is 6.26. The third-order valence-corrected chi connectivity index (χ3v) is 3.62. The van der Waals surface area contributed by atoms with Crippen LogP contribution in [0.2, 0.25) is 0 Å². The number of alkyl halides is 3. The number of aliphatic imine (C=N–C) groups is 1. The Kier molecular flexibility index (Phi) is 5.34. The molecule has 0 N–H and O–H groups in total. The summed E-state index contributed by atoms with van der Waals surface area (Å²) in [6, 6.07) is 13.0. The minimum atomic E-state index is -4.74. The predicted molar refractivity (Wildman–Crippen MR) is 100 cm³/mol. The molecule has 0 amide bonds. The summed E-state index contributed by atoms with van der Waals surface area (Å²) in [7, 11) is 3.63. The molecule has 9 heteroatoms. The van der Waals surface area contributed by atoms with E-state index in [1.807, 2.05) is 45.3 Å². The van der Waals surface area contributed by atoms with Crippen LogP contribution in [0.15, 0.2) is 53.5 Å². The molecule has 0 atom stereocenters. The molecule has 6 nitrogen and oxygen atoms in total. The number of hydrogen-bond acceptors (Lipinski definition) is 4. The molecule has 0 spiro atoms. The quantitative estimate of drug-likeness (QED) is 0.481. The van der Waals surface area contributed by atoms with Gasteiger partial charge in [-0.25, -0.2) is 4.99 Å². The maximum absolute atomic E-state index is 12.4. The molecule has 0 unspecified atom stereocenters. The van der Waals surface area contributed by atoms with Gasteiger partial charge in [-0.05, 0) is 31.2 Å². The number of rotatable bonds is 5. The fourth-order valence-corrected chi connectivity index (χ4v) is 2.34.